The average molecular weight is 368 g/mol. The second-order valence-electron chi connectivity index (χ2n) is 3.62. The molecule has 0 aliphatic rings. The van der Waals surface area contributed by atoms with Crippen LogP contribution in [0.15, 0.2) is 39.3 Å². The summed E-state index contributed by atoms with van der Waals surface area (Å²) in [6, 6.07) is 11.0. The van der Waals surface area contributed by atoms with Crippen molar-refractivity contribution in [3.63, 3.8) is 0 Å². The van der Waals surface area contributed by atoms with Crippen LogP contribution in [0, 0.1) is 18.3 Å². The molecule has 2 aromatic rings. The predicted molar refractivity (Wildman–Crippen MR) is 75.6 cm³/mol. The third-order valence-electron chi connectivity index (χ3n) is 2.17. The van der Waals surface area contributed by atoms with Crippen LogP contribution in [0.1, 0.15) is 11.3 Å². The molecule has 0 amide bonds. The van der Waals surface area contributed by atoms with Gasteiger partial charge < -0.3 is 4.74 Å². The van der Waals surface area contributed by atoms with Crippen LogP contribution in [0.25, 0.3) is 0 Å². The van der Waals surface area contributed by atoms with Gasteiger partial charge in [0.25, 0.3) is 0 Å². The Kier molecular flexibility index (Phi) is 4.00. The van der Waals surface area contributed by atoms with E-state index in [1.54, 1.807) is 12.1 Å². The molecule has 1 aromatic carbocycles. The lowest BCUT2D eigenvalue weighted by atomic mass is 10.2. The third-order valence-corrected chi connectivity index (χ3v) is 3.28. The Morgan fingerprint density at radius 3 is 2.67 bits per heavy atom. The van der Waals surface area contributed by atoms with E-state index in [9.17, 15) is 0 Å². The summed E-state index contributed by atoms with van der Waals surface area (Å²) in [4.78, 5) is 4.23. The Labute approximate surface area is 122 Å². The first-order chi connectivity index (χ1) is 8.58. The maximum Gasteiger partial charge on any atom is 0.220 e. The number of aryl methyl sites for hydroxylation is 1. The number of rotatable bonds is 2. The van der Waals surface area contributed by atoms with Crippen molar-refractivity contribution < 1.29 is 4.74 Å². The van der Waals surface area contributed by atoms with Crippen molar-refractivity contribution in [1.29, 1.82) is 5.26 Å². The van der Waals surface area contributed by atoms with Crippen LogP contribution >= 0.6 is 31.9 Å². The maximum atomic E-state index is 8.89. The summed E-state index contributed by atoms with van der Waals surface area (Å²) >= 11 is 6.78. The summed E-state index contributed by atoms with van der Waals surface area (Å²) in [7, 11) is 0. The first-order valence-electron chi connectivity index (χ1n) is 5.10. The Bertz CT molecular complexity index is 635. The zero-order valence-corrected chi connectivity index (χ0v) is 12.6. The Morgan fingerprint density at radius 1 is 1.22 bits per heavy atom. The van der Waals surface area contributed by atoms with Crippen LogP contribution in [0.2, 0.25) is 0 Å². The predicted octanol–water partition coefficient (Wildman–Crippen LogP) is 4.58. The molecule has 0 aliphatic carbocycles. The molecule has 2 rings (SSSR count). The first-order valence-corrected chi connectivity index (χ1v) is 6.69. The largest absolute Gasteiger partial charge is 0.438 e. The van der Waals surface area contributed by atoms with Crippen molar-refractivity contribution in [2.24, 2.45) is 0 Å². The summed E-state index contributed by atoms with van der Waals surface area (Å²) in [6.07, 6.45) is 0. The van der Waals surface area contributed by atoms with Gasteiger partial charge in [0.15, 0.2) is 0 Å². The van der Waals surface area contributed by atoms with Crippen LogP contribution in [0.3, 0.4) is 0 Å². The van der Waals surface area contributed by atoms with Crippen LogP contribution in [0.5, 0.6) is 11.6 Å². The van der Waals surface area contributed by atoms with E-state index in [2.05, 4.69) is 42.9 Å². The van der Waals surface area contributed by atoms with E-state index < -0.39 is 0 Å². The maximum absolute atomic E-state index is 8.89. The van der Waals surface area contributed by atoms with Gasteiger partial charge in [-0.15, -0.1) is 0 Å². The molecular formula is C13H8Br2N2O. The van der Waals surface area contributed by atoms with Crippen molar-refractivity contribution in [2.75, 3.05) is 0 Å². The lowest BCUT2D eigenvalue weighted by Crippen LogP contribution is -1.92. The molecule has 5 heteroatoms. The number of hydrogen-bond acceptors (Lipinski definition) is 3. The van der Waals surface area contributed by atoms with E-state index >= 15 is 0 Å². The highest BCUT2D eigenvalue weighted by Crippen LogP contribution is 2.31. The van der Waals surface area contributed by atoms with Gasteiger partial charge in [0.1, 0.15) is 5.75 Å². The van der Waals surface area contributed by atoms with Crippen molar-refractivity contribution in [2.45, 2.75) is 6.92 Å². The molecule has 0 radical (unpaired) electrons. The number of pyridine rings is 1. The average Bonchev–Trinajstić information content (AvgIpc) is 2.32. The van der Waals surface area contributed by atoms with Gasteiger partial charge in [-0.3, -0.25) is 0 Å². The summed E-state index contributed by atoms with van der Waals surface area (Å²) in [5, 5.41) is 8.89. The van der Waals surface area contributed by atoms with Crippen molar-refractivity contribution in [1.82, 2.24) is 4.98 Å². The zero-order chi connectivity index (χ0) is 13.1. The number of nitriles is 1. The van der Waals surface area contributed by atoms with Gasteiger partial charge in [-0.05, 0) is 47.1 Å². The number of halogens is 2. The van der Waals surface area contributed by atoms with Crippen molar-refractivity contribution in [3.8, 4) is 17.7 Å². The summed E-state index contributed by atoms with van der Waals surface area (Å²) < 4.78 is 7.43. The van der Waals surface area contributed by atoms with E-state index in [-0.39, 0.29) is 0 Å². The van der Waals surface area contributed by atoms with Gasteiger partial charge in [0.05, 0.1) is 16.1 Å². The fourth-order valence-corrected chi connectivity index (χ4v) is 2.55. The molecule has 0 saturated carbocycles. The molecule has 1 aromatic heterocycles. The molecule has 0 aliphatic heterocycles. The molecule has 0 saturated heterocycles. The summed E-state index contributed by atoms with van der Waals surface area (Å²) in [6.45, 7) is 1.82. The fourth-order valence-electron chi connectivity index (χ4n) is 1.43. The topological polar surface area (TPSA) is 45.9 Å². The molecule has 1 heterocycles. The minimum atomic E-state index is 0.412. The van der Waals surface area contributed by atoms with Gasteiger partial charge in [-0.2, -0.15) is 5.26 Å². The molecule has 0 bridgehead atoms. The Balaban J connectivity index is 2.34. The molecule has 90 valence electrons. The smallest absolute Gasteiger partial charge is 0.220 e. The van der Waals surface area contributed by atoms with Crippen molar-refractivity contribution >= 4 is 31.9 Å². The first kappa shape index (κ1) is 13.1. The minimum absolute atomic E-state index is 0.412. The summed E-state index contributed by atoms with van der Waals surface area (Å²) in [5.74, 6) is 1.06. The van der Waals surface area contributed by atoms with Crippen LogP contribution < -0.4 is 4.74 Å². The van der Waals surface area contributed by atoms with Crippen LogP contribution in [0.4, 0.5) is 0 Å². The Hall–Kier alpha value is -1.38. The minimum Gasteiger partial charge on any atom is -0.438 e. The van der Waals surface area contributed by atoms with Gasteiger partial charge in [-0.1, -0.05) is 15.9 Å². The number of hydrogen-bond donors (Lipinski definition) is 0. The zero-order valence-electron chi connectivity index (χ0n) is 9.45. The van der Waals surface area contributed by atoms with Gasteiger partial charge in [-0.25, -0.2) is 4.98 Å². The van der Waals surface area contributed by atoms with Gasteiger partial charge >= 0.3 is 0 Å². The van der Waals surface area contributed by atoms with Gasteiger partial charge in [0.2, 0.25) is 5.88 Å². The fraction of sp³-hybridized carbons (Fsp3) is 0.0769. The van der Waals surface area contributed by atoms with Gasteiger partial charge in [0, 0.05) is 16.2 Å². The second kappa shape index (κ2) is 5.51. The third kappa shape index (κ3) is 3.09. The summed E-state index contributed by atoms with van der Waals surface area (Å²) in [5.41, 5.74) is 1.28. The quantitative estimate of drug-likeness (QED) is 0.780. The Morgan fingerprint density at radius 2 is 2.00 bits per heavy atom. The standard InChI is InChI=1S/C13H8Br2N2O/c1-8-4-9(7-16)5-13(17-8)18-12-3-2-10(14)6-11(12)15/h2-6H,1H3. The lowest BCUT2D eigenvalue weighted by Gasteiger charge is -2.08. The highest BCUT2D eigenvalue weighted by Gasteiger charge is 2.06. The number of aromatic nitrogens is 1. The molecule has 0 fully saturated rings. The molecule has 0 N–H and O–H groups in total. The van der Waals surface area contributed by atoms with Crippen molar-refractivity contribution in [3.05, 3.63) is 50.5 Å². The number of ether oxygens (including phenoxy) is 1. The second-order valence-corrected chi connectivity index (χ2v) is 5.39. The van der Waals surface area contributed by atoms with E-state index in [1.807, 2.05) is 25.1 Å². The number of benzene rings is 1. The molecular weight excluding hydrogens is 360 g/mol. The SMILES string of the molecule is Cc1cc(C#N)cc(Oc2ccc(Br)cc2Br)n1. The highest BCUT2D eigenvalue weighted by atomic mass is 79.9. The number of nitrogens with zero attached hydrogens (tertiary/aromatic N) is 2. The molecule has 3 nitrogen and oxygen atoms in total. The molecule has 0 spiro atoms. The molecule has 18 heavy (non-hydrogen) atoms. The van der Waals surface area contributed by atoms with E-state index in [1.165, 1.54) is 0 Å². The molecule has 0 atom stereocenters. The van der Waals surface area contributed by atoms with Crippen LogP contribution in [-0.4, -0.2) is 4.98 Å². The highest BCUT2D eigenvalue weighted by molar-refractivity contribution is 9.11. The van der Waals surface area contributed by atoms with E-state index in [4.69, 9.17) is 10.00 Å². The lowest BCUT2D eigenvalue weighted by molar-refractivity contribution is 0.458. The molecule has 0 unspecified atom stereocenters. The monoisotopic (exact) mass is 366 g/mol. The normalized spacial score (nSPS) is 9.89. The van der Waals surface area contributed by atoms with Crippen LogP contribution in [-0.2, 0) is 0 Å². The van der Waals surface area contributed by atoms with E-state index in [0.717, 1.165) is 14.6 Å². The van der Waals surface area contributed by atoms with E-state index in [0.29, 0.717) is 17.2 Å².